The van der Waals surface area contributed by atoms with Crippen molar-refractivity contribution in [1.29, 1.82) is 0 Å². The molecule has 110 valence electrons. The van der Waals surface area contributed by atoms with Crippen molar-refractivity contribution in [3.63, 3.8) is 0 Å². The standard InChI is InChI=1S/C16H18N2O3/c1-4-16(2,3)11-5-7-12(8-6-11)21-15-17-10-9-13(18-15)14(19)20/h5-10H,4H2,1-3H3,(H,19,20). The average molecular weight is 286 g/mol. The highest BCUT2D eigenvalue weighted by molar-refractivity contribution is 5.85. The molecule has 0 aliphatic carbocycles. The van der Waals surface area contributed by atoms with E-state index >= 15 is 0 Å². The molecule has 0 radical (unpaired) electrons. The third kappa shape index (κ3) is 3.56. The number of aromatic nitrogens is 2. The van der Waals surface area contributed by atoms with Gasteiger partial charge in [0, 0.05) is 6.20 Å². The summed E-state index contributed by atoms with van der Waals surface area (Å²) in [5.41, 5.74) is 1.24. The first-order valence-electron chi connectivity index (χ1n) is 6.77. The van der Waals surface area contributed by atoms with Crippen molar-refractivity contribution in [3.05, 3.63) is 47.8 Å². The van der Waals surface area contributed by atoms with Crippen LogP contribution < -0.4 is 4.74 Å². The predicted octanol–water partition coefficient (Wildman–Crippen LogP) is 3.65. The minimum absolute atomic E-state index is 0.0254. The van der Waals surface area contributed by atoms with E-state index in [4.69, 9.17) is 9.84 Å². The third-order valence-electron chi connectivity index (χ3n) is 3.58. The minimum Gasteiger partial charge on any atom is -0.477 e. The fourth-order valence-corrected chi connectivity index (χ4v) is 1.79. The van der Waals surface area contributed by atoms with Crippen LogP contribution in [0, 0.1) is 0 Å². The van der Waals surface area contributed by atoms with Crippen LogP contribution in [0.2, 0.25) is 0 Å². The lowest BCUT2D eigenvalue weighted by molar-refractivity contribution is 0.0689. The number of rotatable bonds is 5. The van der Waals surface area contributed by atoms with E-state index in [1.54, 1.807) is 0 Å². The van der Waals surface area contributed by atoms with Gasteiger partial charge in [-0.05, 0) is 35.6 Å². The molecule has 0 saturated heterocycles. The van der Waals surface area contributed by atoms with Crippen molar-refractivity contribution in [2.45, 2.75) is 32.6 Å². The zero-order chi connectivity index (χ0) is 15.5. The van der Waals surface area contributed by atoms with Crippen molar-refractivity contribution in [1.82, 2.24) is 9.97 Å². The van der Waals surface area contributed by atoms with Crippen molar-refractivity contribution >= 4 is 5.97 Å². The van der Waals surface area contributed by atoms with E-state index in [0.29, 0.717) is 5.75 Å². The second-order valence-electron chi connectivity index (χ2n) is 5.39. The predicted molar refractivity (Wildman–Crippen MR) is 78.8 cm³/mol. The molecule has 1 aromatic carbocycles. The van der Waals surface area contributed by atoms with Gasteiger partial charge in [0.2, 0.25) is 0 Å². The molecule has 2 rings (SSSR count). The SMILES string of the molecule is CCC(C)(C)c1ccc(Oc2nccc(C(=O)O)n2)cc1. The Morgan fingerprint density at radius 1 is 1.24 bits per heavy atom. The number of benzene rings is 1. The van der Waals surface area contributed by atoms with E-state index in [2.05, 4.69) is 30.7 Å². The molecule has 0 fully saturated rings. The smallest absolute Gasteiger partial charge is 0.354 e. The molecular formula is C16H18N2O3. The molecule has 21 heavy (non-hydrogen) atoms. The van der Waals surface area contributed by atoms with E-state index < -0.39 is 5.97 Å². The van der Waals surface area contributed by atoms with Gasteiger partial charge in [0.15, 0.2) is 5.69 Å². The molecule has 0 bridgehead atoms. The van der Waals surface area contributed by atoms with Crippen molar-refractivity contribution in [2.24, 2.45) is 0 Å². The van der Waals surface area contributed by atoms with Gasteiger partial charge in [0.05, 0.1) is 0 Å². The van der Waals surface area contributed by atoms with Crippen LogP contribution in [0.15, 0.2) is 36.5 Å². The van der Waals surface area contributed by atoms with Crippen LogP contribution in [0.5, 0.6) is 11.8 Å². The van der Waals surface area contributed by atoms with Crippen LogP contribution >= 0.6 is 0 Å². The monoisotopic (exact) mass is 286 g/mol. The molecule has 2 aromatic rings. The maximum absolute atomic E-state index is 10.8. The van der Waals surface area contributed by atoms with Crippen LogP contribution in [0.4, 0.5) is 0 Å². The number of carbonyl (C=O) groups is 1. The second-order valence-corrected chi connectivity index (χ2v) is 5.39. The number of aromatic carboxylic acids is 1. The Labute approximate surface area is 123 Å². The largest absolute Gasteiger partial charge is 0.477 e. The van der Waals surface area contributed by atoms with Gasteiger partial charge in [-0.3, -0.25) is 0 Å². The van der Waals surface area contributed by atoms with E-state index in [1.807, 2.05) is 24.3 Å². The van der Waals surface area contributed by atoms with Crippen molar-refractivity contribution in [2.75, 3.05) is 0 Å². The van der Waals surface area contributed by atoms with Gasteiger partial charge in [-0.2, -0.15) is 4.98 Å². The van der Waals surface area contributed by atoms with Gasteiger partial charge < -0.3 is 9.84 Å². The van der Waals surface area contributed by atoms with Crippen molar-refractivity contribution < 1.29 is 14.6 Å². The molecule has 0 unspecified atom stereocenters. The molecule has 5 nitrogen and oxygen atoms in total. The summed E-state index contributed by atoms with van der Waals surface area (Å²) in [4.78, 5) is 18.6. The quantitative estimate of drug-likeness (QED) is 0.908. The summed E-state index contributed by atoms with van der Waals surface area (Å²) >= 11 is 0. The van der Waals surface area contributed by atoms with Crippen LogP contribution in [-0.2, 0) is 5.41 Å². The molecule has 0 saturated carbocycles. The summed E-state index contributed by atoms with van der Waals surface area (Å²) < 4.78 is 5.48. The van der Waals surface area contributed by atoms with E-state index in [0.717, 1.165) is 6.42 Å². The molecule has 0 spiro atoms. The number of ether oxygens (including phenoxy) is 1. The maximum Gasteiger partial charge on any atom is 0.354 e. The van der Waals surface area contributed by atoms with Gasteiger partial charge >= 0.3 is 12.0 Å². The van der Waals surface area contributed by atoms with Gasteiger partial charge in [-0.15, -0.1) is 0 Å². The Hall–Kier alpha value is -2.43. The van der Waals surface area contributed by atoms with Crippen molar-refractivity contribution in [3.8, 4) is 11.8 Å². The average Bonchev–Trinajstić information content (AvgIpc) is 2.48. The molecular weight excluding hydrogens is 268 g/mol. The van der Waals surface area contributed by atoms with Gasteiger partial charge in [0.1, 0.15) is 5.75 Å². The zero-order valence-corrected chi connectivity index (χ0v) is 12.3. The zero-order valence-electron chi connectivity index (χ0n) is 12.3. The Kier molecular flexibility index (Phi) is 4.21. The lowest BCUT2D eigenvalue weighted by Crippen LogP contribution is -2.14. The van der Waals surface area contributed by atoms with E-state index in [-0.39, 0.29) is 17.1 Å². The summed E-state index contributed by atoms with van der Waals surface area (Å²) in [5.74, 6) is -0.532. The second kappa shape index (κ2) is 5.91. The highest BCUT2D eigenvalue weighted by Crippen LogP contribution is 2.28. The van der Waals surface area contributed by atoms with Crippen LogP contribution in [0.1, 0.15) is 43.2 Å². The van der Waals surface area contributed by atoms with Gasteiger partial charge in [-0.1, -0.05) is 32.9 Å². The highest BCUT2D eigenvalue weighted by Gasteiger charge is 2.17. The fraction of sp³-hybridized carbons (Fsp3) is 0.312. The molecule has 0 aliphatic rings. The maximum atomic E-state index is 10.8. The Bertz CT molecular complexity index is 636. The normalized spacial score (nSPS) is 11.2. The Balaban J connectivity index is 2.17. The molecule has 0 atom stereocenters. The Morgan fingerprint density at radius 2 is 1.90 bits per heavy atom. The lowest BCUT2D eigenvalue weighted by atomic mass is 9.82. The van der Waals surface area contributed by atoms with Gasteiger partial charge in [0.25, 0.3) is 0 Å². The number of carboxylic acids is 1. The number of nitrogens with zero attached hydrogens (tertiary/aromatic N) is 2. The number of hydrogen-bond donors (Lipinski definition) is 1. The summed E-state index contributed by atoms with van der Waals surface area (Å²) in [5, 5.41) is 8.88. The minimum atomic E-state index is -1.11. The summed E-state index contributed by atoms with van der Waals surface area (Å²) in [6.07, 6.45) is 2.40. The third-order valence-corrected chi connectivity index (χ3v) is 3.58. The van der Waals surface area contributed by atoms with E-state index in [1.165, 1.54) is 17.8 Å². The lowest BCUT2D eigenvalue weighted by Gasteiger charge is -2.23. The van der Waals surface area contributed by atoms with Crippen LogP contribution in [0.25, 0.3) is 0 Å². The summed E-state index contributed by atoms with van der Waals surface area (Å²) in [6.45, 7) is 6.51. The highest BCUT2D eigenvalue weighted by atomic mass is 16.5. The number of carboxylic acid groups (broad SMARTS) is 1. The van der Waals surface area contributed by atoms with Crippen LogP contribution in [0.3, 0.4) is 0 Å². The van der Waals surface area contributed by atoms with Crippen LogP contribution in [-0.4, -0.2) is 21.0 Å². The Morgan fingerprint density at radius 3 is 2.48 bits per heavy atom. The molecule has 1 aromatic heterocycles. The fourth-order valence-electron chi connectivity index (χ4n) is 1.79. The first kappa shape index (κ1) is 15.0. The molecule has 1 N–H and O–H groups in total. The molecule has 1 heterocycles. The topological polar surface area (TPSA) is 72.3 Å². The molecule has 0 aliphatic heterocycles. The molecule has 0 amide bonds. The molecule has 5 heteroatoms. The first-order chi connectivity index (χ1) is 9.92. The summed E-state index contributed by atoms with van der Waals surface area (Å²) in [7, 11) is 0. The van der Waals surface area contributed by atoms with E-state index in [9.17, 15) is 4.79 Å². The first-order valence-corrected chi connectivity index (χ1v) is 6.77. The van der Waals surface area contributed by atoms with Gasteiger partial charge in [-0.25, -0.2) is 9.78 Å². The summed E-state index contributed by atoms with van der Waals surface area (Å²) in [6, 6.07) is 9.02. The number of hydrogen-bond acceptors (Lipinski definition) is 4.